The van der Waals surface area contributed by atoms with E-state index in [1.165, 1.54) is 50.7 Å². The summed E-state index contributed by atoms with van der Waals surface area (Å²) in [5.41, 5.74) is 0. The van der Waals surface area contributed by atoms with Gasteiger partial charge in [-0.1, -0.05) is 102 Å². The number of aldehydes is 1. The molecule has 0 aliphatic heterocycles. The Balaban J connectivity index is 4.40. The van der Waals surface area contributed by atoms with Crippen molar-refractivity contribution >= 4 is 26.0 Å². The van der Waals surface area contributed by atoms with Gasteiger partial charge in [0.25, 0.3) is 0 Å². The predicted octanol–water partition coefficient (Wildman–Crippen LogP) is 6.81. The Bertz CT molecular complexity index is 926. The van der Waals surface area contributed by atoms with E-state index in [9.17, 15) is 34.1 Å². The summed E-state index contributed by atoms with van der Waals surface area (Å²) in [4.78, 5) is 45.0. The maximum Gasteiger partial charge on any atom is 0.472 e. The largest absolute Gasteiger partial charge is 0.472 e. The highest BCUT2D eigenvalue weighted by molar-refractivity contribution is 7.47. The fraction of sp³-hybridized carbons (Fsp3) is 0.806. The molecule has 13 heteroatoms. The van der Waals surface area contributed by atoms with Gasteiger partial charge in [-0.25, -0.2) is 4.57 Å². The molecule has 2 unspecified atom stereocenters. The quantitative estimate of drug-likeness (QED) is 0.0134. The molecule has 49 heavy (non-hydrogen) atoms. The van der Waals surface area contributed by atoms with Crippen molar-refractivity contribution in [1.29, 1.82) is 0 Å². The lowest BCUT2D eigenvalue weighted by molar-refractivity contribution is -0.161. The molecular formula is C36H65O12P. The third-order valence-electron chi connectivity index (χ3n) is 7.73. The van der Waals surface area contributed by atoms with Gasteiger partial charge in [0.2, 0.25) is 0 Å². The number of carbonyl (C=O) groups is 3. The summed E-state index contributed by atoms with van der Waals surface area (Å²) in [6, 6.07) is 0. The van der Waals surface area contributed by atoms with Gasteiger partial charge in [0.15, 0.2) is 6.10 Å². The molecule has 0 saturated carbocycles. The van der Waals surface area contributed by atoms with E-state index < -0.39 is 57.9 Å². The lowest BCUT2D eigenvalue weighted by atomic mass is 10.1. The van der Waals surface area contributed by atoms with Crippen LogP contribution in [0, 0.1) is 0 Å². The van der Waals surface area contributed by atoms with Crippen LogP contribution in [0.1, 0.15) is 142 Å². The van der Waals surface area contributed by atoms with Crippen LogP contribution in [0.2, 0.25) is 0 Å². The van der Waals surface area contributed by atoms with Crippen molar-refractivity contribution in [1.82, 2.24) is 0 Å². The molecule has 4 atom stereocenters. The fourth-order valence-corrected chi connectivity index (χ4v) is 5.62. The highest BCUT2D eigenvalue weighted by atomic mass is 31.2. The van der Waals surface area contributed by atoms with Crippen molar-refractivity contribution in [2.75, 3.05) is 26.4 Å². The number of carbonyl (C=O) groups excluding carboxylic acids is 3. The third kappa shape index (κ3) is 33.0. The Morgan fingerprint density at radius 2 is 1.24 bits per heavy atom. The van der Waals surface area contributed by atoms with E-state index in [-0.39, 0.29) is 19.4 Å². The first-order valence-corrected chi connectivity index (χ1v) is 19.8. The molecule has 0 spiro atoms. The molecule has 4 N–H and O–H groups in total. The van der Waals surface area contributed by atoms with E-state index in [0.717, 1.165) is 64.2 Å². The Morgan fingerprint density at radius 1 is 0.714 bits per heavy atom. The van der Waals surface area contributed by atoms with Gasteiger partial charge in [0, 0.05) is 12.8 Å². The minimum absolute atomic E-state index is 0.0834. The number of esters is 2. The molecule has 0 bridgehead atoms. The monoisotopic (exact) mass is 720 g/mol. The van der Waals surface area contributed by atoms with Gasteiger partial charge >= 0.3 is 19.8 Å². The lowest BCUT2D eigenvalue weighted by Crippen LogP contribution is -2.29. The second-order valence-electron chi connectivity index (χ2n) is 12.4. The lowest BCUT2D eigenvalue weighted by Gasteiger charge is -2.20. The molecule has 0 aliphatic rings. The summed E-state index contributed by atoms with van der Waals surface area (Å²) in [6.45, 7) is -0.0392. The minimum atomic E-state index is -4.65. The average Bonchev–Trinajstić information content (AvgIpc) is 3.08. The van der Waals surface area contributed by atoms with E-state index in [1.807, 2.05) is 0 Å². The summed E-state index contributed by atoms with van der Waals surface area (Å²) < 4.78 is 32.4. The summed E-state index contributed by atoms with van der Waals surface area (Å²) in [7, 11) is -4.65. The maximum atomic E-state index is 12.5. The van der Waals surface area contributed by atoms with Crippen LogP contribution in [-0.4, -0.2) is 83.2 Å². The molecule has 286 valence electrons. The van der Waals surface area contributed by atoms with Gasteiger partial charge in [0.1, 0.15) is 19.0 Å². The highest BCUT2D eigenvalue weighted by Gasteiger charge is 2.27. The normalized spacial score (nSPS) is 14.9. The second-order valence-corrected chi connectivity index (χ2v) is 13.9. The van der Waals surface area contributed by atoms with Gasteiger partial charge in [-0.05, 0) is 51.0 Å². The van der Waals surface area contributed by atoms with E-state index in [0.29, 0.717) is 25.5 Å². The van der Waals surface area contributed by atoms with Crippen LogP contribution in [-0.2, 0) is 37.5 Å². The highest BCUT2D eigenvalue weighted by Crippen LogP contribution is 2.43. The number of aliphatic hydroxyl groups excluding tert-OH is 3. The van der Waals surface area contributed by atoms with Crippen molar-refractivity contribution in [3.63, 3.8) is 0 Å². The first kappa shape index (κ1) is 47.1. The minimum Gasteiger partial charge on any atom is -0.462 e. The smallest absolute Gasteiger partial charge is 0.462 e. The summed E-state index contributed by atoms with van der Waals surface area (Å²) in [5.74, 6) is -1.05. The molecular weight excluding hydrogens is 655 g/mol. The molecule has 0 fully saturated rings. The number of allylic oxidation sites excluding steroid dienone is 3. The molecule has 0 radical (unpaired) electrons. The predicted molar refractivity (Wildman–Crippen MR) is 189 cm³/mol. The van der Waals surface area contributed by atoms with Crippen molar-refractivity contribution in [2.24, 2.45) is 0 Å². The van der Waals surface area contributed by atoms with Gasteiger partial charge < -0.3 is 29.7 Å². The molecule has 0 rings (SSSR count). The van der Waals surface area contributed by atoms with Crippen molar-refractivity contribution in [3.8, 4) is 0 Å². The summed E-state index contributed by atoms with van der Waals surface area (Å²) >= 11 is 0. The molecule has 0 amide bonds. The summed E-state index contributed by atoms with van der Waals surface area (Å²) in [5, 5.41) is 27.9. The third-order valence-corrected chi connectivity index (χ3v) is 8.68. The van der Waals surface area contributed by atoms with Gasteiger partial charge in [-0.15, -0.1) is 0 Å². The Labute approximate surface area is 294 Å². The molecule has 0 aliphatic carbocycles. The van der Waals surface area contributed by atoms with Crippen LogP contribution in [0.4, 0.5) is 0 Å². The van der Waals surface area contributed by atoms with Gasteiger partial charge in [-0.2, -0.15) is 0 Å². The molecule has 0 aromatic rings. The van der Waals surface area contributed by atoms with Crippen molar-refractivity contribution in [2.45, 2.75) is 160 Å². The van der Waals surface area contributed by atoms with Crippen LogP contribution >= 0.6 is 7.82 Å². The first-order chi connectivity index (χ1) is 23.6. The number of unbranched alkanes of at least 4 members (excludes halogenated alkanes) is 15. The van der Waals surface area contributed by atoms with E-state index >= 15 is 0 Å². The average molecular weight is 721 g/mol. The zero-order valence-corrected chi connectivity index (χ0v) is 30.7. The summed E-state index contributed by atoms with van der Waals surface area (Å²) in [6.07, 6.45) is 24.1. The van der Waals surface area contributed by atoms with E-state index in [1.54, 1.807) is 0 Å². The number of hydrogen-bond donors (Lipinski definition) is 4. The molecule has 0 aromatic heterocycles. The van der Waals surface area contributed by atoms with E-state index in [2.05, 4.69) is 23.6 Å². The van der Waals surface area contributed by atoms with Gasteiger partial charge in [0.05, 0.1) is 25.9 Å². The van der Waals surface area contributed by atoms with E-state index in [4.69, 9.17) is 19.1 Å². The molecule has 12 nitrogen and oxygen atoms in total. The van der Waals surface area contributed by atoms with Crippen LogP contribution in [0.25, 0.3) is 0 Å². The second kappa shape index (κ2) is 33.2. The standard InChI is InChI=1S/C36H65O12P/c1-2-3-4-5-6-7-8-9-10-11-12-13-14-17-20-25-35(41)45-30-34(31-47-49(43,44)46-29-33(40)28-38)48-36(42)26-21-18-15-16-19-23-32(39)24-22-27-37/h9-10,22,24,27,32-34,38-40H,2-8,11-21,23,25-26,28-31H2,1H3,(H,43,44)/b10-9-,24-22+/t32?,33-,34+/m0/s1. The fourth-order valence-electron chi connectivity index (χ4n) is 4.83. The zero-order valence-electron chi connectivity index (χ0n) is 29.8. The van der Waals surface area contributed by atoms with Crippen LogP contribution in [0.15, 0.2) is 24.3 Å². The first-order valence-electron chi connectivity index (χ1n) is 18.3. The Kier molecular flexibility index (Phi) is 31.9. The van der Waals surface area contributed by atoms with Crippen LogP contribution in [0.5, 0.6) is 0 Å². The van der Waals surface area contributed by atoms with Crippen LogP contribution in [0.3, 0.4) is 0 Å². The topological polar surface area (TPSA) is 186 Å². The van der Waals surface area contributed by atoms with Crippen molar-refractivity contribution in [3.05, 3.63) is 24.3 Å². The zero-order chi connectivity index (χ0) is 36.4. The molecule has 0 saturated heterocycles. The number of phosphoric acid groups is 1. The number of aliphatic hydroxyl groups is 3. The Hall–Kier alpha value is -1.92. The maximum absolute atomic E-state index is 12.5. The number of rotatable bonds is 35. The Morgan fingerprint density at radius 3 is 1.84 bits per heavy atom. The SMILES string of the molecule is CCCCCCCC/C=C\CCCCCCCC(=O)OC[C@H](COP(=O)(O)OC[C@@H](O)CO)OC(=O)CCCCCCCC(O)/C=C/C=O. The molecule has 0 heterocycles. The number of phosphoric ester groups is 1. The van der Waals surface area contributed by atoms with Crippen LogP contribution < -0.4 is 0 Å². The van der Waals surface area contributed by atoms with Gasteiger partial charge in [-0.3, -0.25) is 23.4 Å². The number of ether oxygens (including phenoxy) is 2. The number of hydrogen-bond acceptors (Lipinski definition) is 11. The molecule has 0 aromatic carbocycles. The van der Waals surface area contributed by atoms with Crippen molar-refractivity contribution < 1.29 is 57.7 Å².